The van der Waals surface area contributed by atoms with Crippen LogP contribution in [-0.4, -0.2) is 22.5 Å². The van der Waals surface area contributed by atoms with Gasteiger partial charge in [0.05, 0.1) is 16.6 Å². The van der Waals surface area contributed by atoms with Gasteiger partial charge in [0.2, 0.25) is 5.91 Å². The normalized spacial score (nSPS) is 17.0. The molecule has 6 heteroatoms. The highest BCUT2D eigenvalue weighted by Gasteiger charge is 2.25. The number of hydrogen-bond donors (Lipinski definition) is 1. The number of benzene rings is 1. The Bertz CT molecular complexity index is 499. The maximum absolute atomic E-state index is 11.6. The lowest BCUT2D eigenvalue weighted by Gasteiger charge is -2.17. The lowest BCUT2D eigenvalue weighted by atomic mass is 10.1. The van der Waals surface area contributed by atoms with Gasteiger partial charge in [0.1, 0.15) is 0 Å². The summed E-state index contributed by atoms with van der Waals surface area (Å²) in [7, 11) is 0. The van der Waals surface area contributed by atoms with Gasteiger partial charge in [-0.3, -0.25) is 14.9 Å². The molecule has 0 bridgehead atoms. The number of nitro groups is 1. The third-order valence-corrected chi connectivity index (χ3v) is 3.04. The molecule has 0 saturated carbocycles. The van der Waals surface area contributed by atoms with Crippen LogP contribution in [0.4, 0.5) is 11.4 Å². The van der Waals surface area contributed by atoms with Crippen LogP contribution in [0.3, 0.4) is 0 Å². The van der Waals surface area contributed by atoms with Crippen molar-refractivity contribution in [2.75, 3.05) is 11.4 Å². The quantitative estimate of drug-likeness (QED) is 0.654. The van der Waals surface area contributed by atoms with Crippen molar-refractivity contribution in [3.8, 4) is 0 Å². The minimum atomic E-state index is -0.942. The molecule has 1 aliphatic rings. The molecule has 18 heavy (non-hydrogen) atoms. The van der Waals surface area contributed by atoms with E-state index in [1.54, 1.807) is 11.0 Å². The van der Waals surface area contributed by atoms with Crippen LogP contribution in [0.2, 0.25) is 0 Å². The molecule has 2 rings (SSSR count). The van der Waals surface area contributed by atoms with Gasteiger partial charge < -0.3 is 10.0 Å². The maximum Gasteiger partial charge on any atom is 0.275 e. The van der Waals surface area contributed by atoms with Gasteiger partial charge in [-0.15, -0.1) is 0 Å². The van der Waals surface area contributed by atoms with Crippen molar-refractivity contribution in [3.63, 3.8) is 0 Å². The van der Waals surface area contributed by atoms with E-state index >= 15 is 0 Å². The summed E-state index contributed by atoms with van der Waals surface area (Å²) in [5.41, 5.74) is 0.719. The second-order valence-corrected chi connectivity index (χ2v) is 4.33. The number of carbonyl (C=O) groups is 1. The Morgan fingerprint density at radius 2 is 2.22 bits per heavy atom. The van der Waals surface area contributed by atoms with Gasteiger partial charge in [0, 0.05) is 24.7 Å². The molecule has 1 heterocycles. The van der Waals surface area contributed by atoms with E-state index in [9.17, 15) is 20.0 Å². The molecule has 96 valence electrons. The van der Waals surface area contributed by atoms with E-state index in [0.29, 0.717) is 18.7 Å². The standard InChI is InChI=1S/C12H14N2O4/c1-8(15)10-7-9(4-5-11(10)14(17)18)13-6-2-3-12(13)16/h4-5,7-8,15H,2-3,6H2,1H3. The molecular formula is C12H14N2O4. The summed E-state index contributed by atoms with van der Waals surface area (Å²) in [6.07, 6.45) is 0.351. The monoisotopic (exact) mass is 250 g/mol. The van der Waals surface area contributed by atoms with Gasteiger partial charge in [-0.05, 0) is 25.5 Å². The van der Waals surface area contributed by atoms with E-state index in [-0.39, 0.29) is 17.2 Å². The average molecular weight is 250 g/mol. The minimum absolute atomic E-state index is 0.0143. The van der Waals surface area contributed by atoms with E-state index in [0.717, 1.165) is 6.42 Å². The topological polar surface area (TPSA) is 83.7 Å². The van der Waals surface area contributed by atoms with Crippen LogP contribution in [-0.2, 0) is 4.79 Å². The molecule has 0 aromatic heterocycles. The number of anilines is 1. The first kappa shape index (κ1) is 12.5. The van der Waals surface area contributed by atoms with Gasteiger partial charge in [0.15, 0.2) is 0 Å². The summed E-state index contributed by atoms with van der Waals surface area (Å²) >= 11 is 0. The SMILES string of the molecule is CC(O)c1cc(N2CCCC2=O)ccc1[N+](=O)[O-]. The summed E-state index contributed by atoms with van der Waals surface area (Å²) in [6, 6.07) is 4.40. The lowest BCUT2D eigenvalue weighted by molar-refractivity contribution is -0.386. The van der Waals surface area contributed by atoms with Gasteiger partial charge in [-0.1, -0.05) is 0 Å². The Labute approximate surface area is 104 Å². The summed E-state index contributed by atoms with van der Waals surface area (Å²) in [6.45, 7) is 2.09. The summed E-state index contributed by atoms with van der Waals surface area (Å²) in [4.78, 5) is 23.5. The summed E-state index contributed by atoms with van der Waals surface area (Å²) in [5.74, 6) is 0.0143. The third kappa shape index (κ3) is 2.19. The highest BCUT2D eigenvalue weighted by Crippen LogP contribution is 2.31. The van der Waals surface area contributed by atoms with Crippen LogP contribution >= 0.6 is 0 Å². The molecule has 6 nitrogen and oxygen atoms in total. The Morgan fingerprint density at radius 1 is 1.50 bits per heavy atom. The predicted octanol–water partition coefficient (Wildman–Crippen LogP) is 1.77. The predicted molar refractivity (Wildman–Crippen MR) is 65.3 cm³/mol. The fourth-order valence-corrected chi connectivity index (χ4v) is 2.13. The summed E-state index contributed by atoms with van der Waals surface area (Å²) < 4.78 is 0. The smallest absolute Gasteiger partial charge is 0.275 e. The number of rotatable bonds is 3. The largest absolute Gasteiger partial charge is 0.388 e. The molecule has 1 fully saturated rings. The Morgan fingerprint density at radius 3 is 2.72 bits per heavy atom. The van der Waals surface area contributed by atoms with E-state index in [4.69, 9.17) is 0 Å². The molecule has 1 aromatic rings. The molecule has 0 radical (unpaired) electrons. The number of nitrogens with zero attached hydrogens (tertiary/aromatic N) is 2. The first-order valence-corrected chi connectivity index (χ1v) is 5.77. The van der Waals surface area contributed by atoms with Gasteiger partial charge in [-0.2, -0.15) is 0 Å². The van der Waals surface area contributed by atoms with E-state index in [1.165, 1.54) is 19.1 Å². The third-order valence-electron chi connectivity index (χ3n) is 3.04. The van der Waals surface area contributed by atoms with Crippen molar-refractivity contribution in [1.29, 1.82) is 0 Å². The van der Waals surface area contributed by atoms with Crippen LogP contribution in [0.1, 0.15) is 31.4 Å². The van der Waals surface area contributed by atoms with E-state index in [1.807, 2.05) is 0 Å². The van der Waals surface area contributed by atoms with Gasteiger partial charge in [-0.25, -0.2) is 0 Å². The number of aliphatic hydroxyl groups is 1. The van der Waals surface area contributed by atoms with Gasteiger partial charge >= 0.3 is 0 Å². The van der Waals surface area contributed by atoms with Crippen LogP contribution in [0, 0.1) is 10.1 Å². The van der Waals surface area contributed by atoms with Gasteiger partial charge in [0.25, 0.3) is 5.69 Å². The molecule has 1 aromatic carbocycles. The van der Waals surface area contributed by atoms with E-state index < -0.39 is 11.0 Å². The fraction of sp³-hybridized carbons (Fsp3) is 0.417. The van der Waals surface area contributed by atoms with Crippen molar-refractivity contribution < 1.29 is 14.8 Å². The second-order valence-electron chi connectivity index (χ2n) is 4.33. The fourth-order valence-electron chi connectivity index (χ4n) is 2.13. The Hall–Kier alpha value is -1.95. The second kappa shape index (κ2) is 4.73. The van der Waals surface area contributed by atoms with Crippen LogP contribution in [0.5, 0.6) is 0 Å². The first-order chi connectivity index (χ1) is 8.50. The zero-order chi connectivity index (χ0) is 13.3. The molecule has 0 spiro atoms. The van der Waals surface area contributed by atoms with Crippen molar-refractivity contribution in [1.82, 2.24) is 0 Å². The molecule has 1 unspecified atom stereocenters. The summed E-state index contributed by atoms with van der Waals surface area (Å²) in [5, 5.41) is 20.4. The maximum atomic E-state index is 11.6. The van der Waals surface area contributed by atoms with E-state index in [2.05, 4.69) is 0 Å². The highest BCUT2D eigenvalue weighted by atomic mass is 16.6. The number of aliphatic hydroxyl groups excluding tert-OH is 1. The molecule has 1 N–H and O–H groups in total. The first-order valence-electron chi connectivity index (χ1n) is 5.77. The zero-order valence-electron chi connectivity index (χ0n) is 10.00. The van der Waals surface area contributed by atoms with Crippen LogP contribution in [0.25, 0.3) is 0 Å². The lowest BCUT2D eigenvalue weighted by Crippen LogP contribution is -2.23. The van der Waals surface area contributed by atoms with Crippen LogP contribution < -0.4 is 4.90 Å². The average Bonchev–Trinajstić information content (AvgIpc) is 2.74. The van der Waals surface area contributed by atoms with Crippen molar-refractivity contribution in [2.24, 2.45) is 0 Å². The molecule has 1 saturated heterocycles. The number of amides is 1. The molecule has 1 atom stereocenters. The Kier molecular flexibility index (Phi) is 3.29. The number of hydrogen-bond acceptors (Lipinski definition) is 4. The zero-order valence-corrected chi connectivity index (χ0v) is 10.00. The number of nitro benzene ring substituents is 1. The minimum Gasteiger partial charge on any atom is -0.388 e. The van der Waals surface area contributed by atoms with Crippen molar-refractivity contribution >= 4 is 17.3 Å². The van der Waals surface area contributed by atoms with Crippen LogP contribution in [0.15, 0.2) is 18.2 Å². The molecule has 1 amide bonds. The number of carbonyl (C=O) groups excluding carboxylic acids is 1. The Balaban J connectivity index is 2.43. The highest BCUT2D eigenvalue weighted by molar-refractivity contribution is 5.95. The molecule has 1 aliphatic heterocycles. The molecule has 0 aliphatic carbocycles. The van der Waals surface area contributed by atoms with Crippen molar-refractivity contribution in [3.05, 3.63) is 33.9 Å². The van der Waals surface area contributed by atoms with Crippen molar-refractivity contribution in [2.45, 2.75) is 25.9 Å². The molecular weight excluding hydrogens is 236 g/mol.